The molecule has 0 bridgehead atoms. The van der Waals surface area contributed by atoms with Crippen LogP contribution in [0.15, 0.2) is 84.9 Å². The van der Waals surface area contributed by atoms with Gasteiger partial charge in [0, 0.05) is 30.8 Å². The molecule has 0 saturated carbocycles. The maximum Gasteiger partial charge on any atom is 0.255 e. The molecule has 1 heterocycles. The maximum absolute atomic E-state index is 13.6. The van der Waals surface area contributed by atoms with Crippen molar-refractivity contribution in [3.05, 3.63) is 90.5 Å². The fourth-order valence-corrected chi connectivity index (χ4v) is 5.57. The minimum Gasteiger partial charge on any atom is -0.497 e. The number of anilines is 1. The smallest absolute Gasteiger partial charge is 0.255 e. The third-order valence-corrected chi connectivity index (χ3v) is 8.24. The molecule has 0 aromatic heterocycles. The summed E-state index contributed by atoms with van der Waals surface area (Å²) in [5, 5.41) is 3.09. The lowest BCUT2D eigenvalue weighted by atomic mass is 10.0. The zero-order valence-corrected chi connectivity index (χ0v) is 27.5. The summed E-state index contributed by atoms with van der Waals surface area (Å²) in [6.07, 6.45) is 3.19. The molecule has 1 aliphatic heterocycles. The van der Waals surface area contributed by atoms with Gasteiger partial charge < -0.3 is 34.1 Å². The van der Waals surface area contributed by atoms with Crippen molar-refractivity contribution < 1.29 is 23.7 Å². The largest absolute Gasteiger partial charge is 0.497 e. The summed E-state index contributed by atoms with van der Waals surface area (Å²) in [5.41, 5.74) is 4.85. The fraction of sp³-hybridized carbons (Fsp3) is 0.342. The Morgan fingerprint density at radius 3 is 2.30 bits per heavy atom. The normalized spacial score (nSPS) is 13.8. The number of rotatable bonds is 13. The number of hydrogen-bond acceptors (Lipinski definition) is 7. The van der Waals surface area contributed by atoms with Crippen LogP contribution < -0.4 is 24.3 Å². The monoisotopic (exact) mass is 623 g/mol. The van der Waals surface area contributed by atoms with E-state index in [-0.39, 0.29) is 12.0 Å². The third kappa shape index (κ3) is 8.59. The highest BCUT2D eigenvalue weighted by Gasteiger charge is 2.19. The second-order valence-electron chi connectivity index (χ2n) is 12.0. The molecule has 242 valence electrons. The summed E-state index contributed by atoms with van der Waals surface area (Å²) in [6.45, 7) is 3.55. The Morgan fingerprint density at radius 1 is 0.826 bits per heavy atom. The van der Waals surface area contributed by atoms with Crippen molar-refractivity contribution in [2.24, 2.45) is 0 Å². The third-order valence-electron chi connectivity index (χ3n) is 8.24. The molecule has 46 heavy (non-hydrogen) atoms. The molecule has 1 amide bonds. The number of ether oxygens (including phenoxy) is 4. The van der Waals surface area contributed by atoms with E-state index in [2.05, 4.69) is 34.3 Å². The quantitative estimate of drug-likeness (QED) is 0.159. The van der Waals surface area contributed by atoms with Crippen LogP contribution in [0.3, 0.4) is 0 Å². The van der Waals surface area contributed by atoms with Gasteiger partial charge in [0.05, 0.1) is 26.5 Å². The summed E-state index contributed by atoms with van der Waals surface area (Å²) < 4.78 is 23.6. The van der Waals surface area contributed by atoms with Crippen LogP contribution in [0.2, 0.25) is 0 Å². The SMILES string of the molecule is COc1cccc(-c2cc(C(=O)Nc3ccc(-c4ccc(OC5CCN(C)CC5)cc4)cc3OCCCN(C)C)ccc2OC)c1. The van der Waals surface area contributed by atoms with Crippen LogP contribution in [0.25, 0.3) is 22.3 Å². The zero-order chi connectivity index (χ0) is 32.5. The van der Waals surface area contributed by atoms with Gasteiger partial charge in [-0.1, -0.05) is 30.3 Å². The summed E-state index contributed by atoms with van der Waals surface area (Å²) in [7, 11) is 9.49. The highest BCUT2D eigenvalue weighted by atomic mass is 16.5. The Bertz CT molecular complexity index is 1600. The Hall–Kier alpha value is -4.53. The summed E-state index contributed by atoms with van der Waals surface area (Å²) >= 11 is 0. The van der Waals surface area contributed by atoms with Gasteiger partial charge in [0.25, 0.3) is 5.91 Å². The zero-order valence-electron chi connectivity index (χ0n) is 27.5. The number of methoxy groups -OCH3 is 2. The first-order chi connectivity index (χ1) is 22.3. The summed E-state index contributed by atoms with van der Waals surface area (Å²) in [5.74, 6) is 2.66. The molecule has 4 aromatic rings. The number of nitrogens with zero attached hydrogens (tertiary/aromatic N) is 2. The van der Waals surface area contributed by atoms with Crippen molar-refractivity contribution in [2.45, 2.75) is 25.4 Å². The van der Waals surface area contributed by atoms with Gasteiger partial charge in [-0.2, -0.15) is 0 Å². The Labute approximate surface area is 272 Å². The Balaban J connectivity index is 1.36. The van der Waals surface area contributed by atoms with Crippen LogP contribution in [-0.4, -0.2) is 83.4 Å². The van der Waals surface area contributed by atoms with E-state index in [1.54, 1.807) is 20.3 Å². The second kappa shape index (κ2) is 15.7. The van der Waals surface area contributed by atoms with E-state index in [1.165, 1.54) is 0 Å². The molecule has 8 heteroatoms. The van der Waals surface area contributed by atoms with Crippen molar-refractivity contribution in [1.82, 2.24) is 9.80 Å². The highest BCUT2D eigenvalue weighted by Crippen LogP contribution is 2.35. The first-order valence-electron chi connectivity index (χ1n) is 15.8. The molecule has 0 radical (unpaired) electrons. The number of hydrogen-bond donors (Lipinski definition) is 1. The van der Waals surface area contributed by atoms with Gasteiger partial charge in [0.2, 0.25) is 0 Å². The average Bonchev–Trinajstić information content (AvgIpc) is 3.08. The summed E-state index contributed by atoms with van der Waals surface area (Å²) in [4.78, 5) is 18.1. The van der Waals surface area contributed by atoms with Crippen LogP contribution in [0.5, 0.6) is 23.0 Å². The number of carbonyl (C=O) groups is 1. The molecular formula is C38H45N3O5. The molecule has 1 N–H and O–H groups in total. The molecule has 0 atom stereocenters. The van der Waals surface area contributed by atoms with Gasteiger partial charge in [0.1, 0.15) is 29.1 Å². The lowest BCUT2D eigenvalue weighted by Crippen LogP contribution is -2.35. The van der Waals surface area contributed by atoms with Crippen LogP contribution in [-0.2, 0) is 0 Å². The minimum atomic E-state index is -0.243. The van der Waals surface area contributed by atoms with Crippen molar-refractivity contribution >= 4 is 11.6 Å². The van der Waals surface area contributed by atoms with Gasteiger partial charge in [-0.05, 0) is 112 Å². The van der Waals surface area contributed by atoms with Crippen molar-refractivity contribution in [2.75, 3.05) is 66.9 Å². The Kier molecular flexibility index (Phi) is 11.2. The van der Waals surface area contributed by atoms with E-state index in [0.717, 1.165) is 72.6 Å². The lowest BCUT2D eigenvalue weighted by molar-refractivity contribution is 0.102. The predicted octanol–water partition coefficient (Wildman–Crippen LogP) is 7.09. The van der Waals surface area contributed by atoms with Crippen LogP contribution in [0, 0.1) is 0 Å². The van der Waals surface area contributed by atoms with Gasteiger partial charge in [0.15, 0.2) is 0 Å². The number of carbonyl (C=O) groups excluding carboxylic acids is 1. The number of amides is 1. The van der Waals surface area contributed by atoms with E-state index in [1.807, 2.05) is 80.8 Å². The fourth-order valence-electron chi connectivity index (χ4n) is 5.57. The molecule has 1 aliphatic rings. The van der Waals surface area contributed by atoms with Gasteiger partial charge in [-0.3, -0.25) is 4.79 Å². The van der Waals surface area contributed by atoms with Crippen LogP contribution in [0.4, 0.5) is 5.69 Å². The Morgan fingerprint density at radius 2 is 1.59 bits per heavy atom. The summed E-state index contributed by atoms with van der Waals surface area (Å²) in [6, 6.07) is 27.2. The van der Waals surface area contributed by atoms with Gasteiger partial charge >= 0.3 is 0 Å². The van der Waals surface area contributed by atoms with Crippen molar-refractivity contribution in [3.8, 4) is 45.3 Å². The van der Waals surface area contributed by atoms with Crippen LogP contribution >= 0.6 is 0 Å². The topological polar surface area (TPSA) is 72.5 Å². The van der Waals surface area contributed by atoms with E-state index in [0.29, 0.717) is 29.4 Å². The van der Waals surface area contributed by atoms with Crippen molar-refractivity contribution in [1.29, 1.82) is 0 Å². The number of nitrogens with one attached hydrogen (secondary N) is 1. The standard InChI is InChI=1S/C38H45N3O5/c1-40(2)20-7-23-45-37-26-28(27-10-14-31(15-11-27)46-32-18-21-41(3)22-19-32)12-16-35(37)39-38(42)30-13-17-36(44-5)34(25-30)29-8-6-9-33(24-29)43-4/h6,8-17,24-26,32H,7,18-23H2,1-5H3,(H,39,42). The predicted molar refractivity (Wildman–Crippen MR) is 185 cm³/mol. The second-order valence-corrected chi connectivity index (χ2v) is 12.0. The number of benzene rings is 4. The molecule has 8 nitrogen and oxygen atoms in total. The molecule has 0 aliphatic carbocycles. The van der Waals surface area contributed by atoms with Gasteiger partial charge in [-0.15, -0.1) is 0 Å². The highest BCUT2D eigenvalue weighted by molar-refractivity contribution is 6.06. The van der Waals surface area contributed by atoms with Gasteiger partial charge in [-0.25, -0.2) is 0 Å². The molecule has 1 saturated heterocycles. The molecule has 0 spiro atoms. The molecule has 1 fully saturated rings. The van der Waals surface area contributed by atoms with E-state index in [4.69, 9.17) is 18.9 Å². The van der Waals surface area contributed by atoms with E-state index < -0.39 is 0 Å². The number of piperidine rings is 1. The van der Waals surface area contributed by atoms with E-state index in [9.17, 15) is 4.79 Å². The molecule has 5 rings (SSSR count). The molecular weight excluding hydrogens is 578 g/mol. The number of likely N-dealkylation sites (tertiary alicyclic amines) is 1. The average molecular weight is 624 g/mol. The first-order valence-corrected chi connectivity index (χ1v) is 15.8. The van der Waals surface area contributed by atoms with Crippen LogP contribution in [0.1, 0.15) is 29.6 Å². The molecule has 0 unspecified atom stereocenters. The first kappa shape index (κ1) is 32.9. The molecule has 4 aromatic carbocycles. The van der Waals surface area contributed by atoms with Crippen molar-refractivity contribution in [3.63, 3.8) is 0 Å². The minimum absolute atomic E-state index is 0.243. The lowest BCUT2D eigenvalue weighted by Gasteiger charge is -2.29. The maximum atomic E-state index is 13.6. The van der Waals surface area contributed by atoms with E-state index >= 15 is 0 Å².